The number of unbranched alkanes of at least 4 members (excludes halogenated alkanes) is 1. The van der Waals surface area contributed by atoms with Crippen molar-refractivity contribution in [3.63, 3.8) is 0 Å². The van der Waals surface area contributed by atoms with E-state index in [4.69, 9.17) is 4.74 Å². The van der Waals surface area contributed by atoms with Crippen LogP contribution in [-0.2, 0) is 10.0 Å². The lowest BCUT2D eigenvalue weighted by molar-refractivity contribution is 0.307. The van der Waals surface area contributed by atoms with Crippen molar-refractivity contribution in [2.45, 2.75) is 17.7 Å². The summed E-state index contributed by atoms with van der Waals surface area (Å²) < 4.78 is 33.5. The number of aromatic nitrogens is 2. The van der Waals surface area contributed by atoms with Gasteiger partial charge in [-0.05, 0) is 67.4 Å². The molecule has 0 radical (unpaired) electrons. The SMILES string of the molecule is O=S(=O)(NCCCCOc1ccc(-c2cc[nH]n2)cc1)c1ccc(Br)cc1. The number of sulfonamides is 1. The van der Waals surface area contributed by atoms with Gasteiger partial charge in [-0.15, -0.1) is 0 Å². The summed E-state index contributed by atoms with van der Waals surface area (Å²) in [6, 6.07) is 16.2. The van der Waals surface area contributed by atoms with Gasteiger partial charge in [0.15, 0.2) is 0 Å². The number of rotatable bonds is 9. The smallest absolute Gasteiger partial charge is 0.240 e. The summed E-state index contributed by atoms with van der Waals surface area (Å²) in [5.74, 6) is 0.782. The summed E-state index contributed by atoms with van der Waals surface area (Å²) >= 11 is 3.29. The highest BCUT2D eigenvalue weighted by atomic mass is 79.9. The van der Waals surface area contributed by atoms with Crippen LogP contribution in [0.15, 0.2) is 70.2 Å². The number of hydrogen-bond acceptors (Lipinski definition) is 4. The van der Waals surface area contributed by atoms with Crippen molar-refractivity contribution in [1.82, 2.24) is 14.9 Å². The maximum Gasteiger partial charge on any atom is 0.240 e. The van der Waals surface area contributed by atoms with Crippen molar-refractivity contribution in [2.75, 3.05) is 13.2 Å². The van der Waals surface area contributed by atoms with Crippen molar-refractivity contribution < 1.29 is 13.2 Å². The molecule has 3 rings (SSSR count). The molecule has 0 aliphatic carbocycles. The lowest BCUT2D eigenvalue weighted by Crippen LogP contribution is -2.25. The molecule has 0 bridgehead atoms. The lowest BCUT2D eigenvalue weighted by Gasteiger charge is -2.08. The third-order valence-electron chi connectivity index (χ3n) is 3.91. The van der Waals surface area contributed by atoms with Gasteiger partial charge >= 0.3 is 0 Å². The Hall–Kier alpha value is -2.16. The lowest BCUT2D eigenvalue weighted by atomic mass is 10.1. The van der Waals surface area contributed by atoms with Crippen LogP contribution in [0.3, 0.4) is 0 Å². The van der Waals surface area contributed by atoms with Crippen LogP contribution in [0.1, 0.15) is 12.8 Å². The van der Waals surface area contributed by atoms with E-state index < -0.39 is 10.0 Å². The second kappa shape index (κ2) is 9.16. The molecule has 3 aromatic rings. The number of benzene rings is 2. The average molecular weight is 450 g/mol. The van der Waals surface area contributed by atoms with Crippen LogP contribution in [0.4, 0.5) is 0 Å². The van der Waals surface area contributed by atoms with E-state index in [0.29, 0.717) is 19.6 Å². The fourth-order valence-electron chi connectivity index (χ4n) is 2.46. The summed E-state index contributed by atoms with van der Waals surface area (Å²) in [4.78, 5) is 0.263. The fraction of sp³-hybridized carbons (Fsp3) is 0.211. The maximum absolute atomic E-state index is 12.2. The molecule has 0 atom stereocenters. The predicted octanol–water partition coefficient (Wildman–Crippen LogP) is 3.98. The standard InChI is InChI=1S/C19H20BrN3O3S/c20-16-5-9-18(10-6-16)27(24,25)22-12-1-2-14-26-17-7-3-15(4-8-17)19-11-13-21-23-19/h3-11,13,22H,1-2,12,14H2,(H,21,23). The minimum Gasteiger partial charge on any atom is -0.494 e. The monoisotopic (exact) mass is 449 g/mol. The molecule has 142 valence electrons. The van der Waals surface area contributed by atoms with Gasteiger partial charge in [0.2, 0.25) is 10.0 Å². The van der Waals surface area contributed by atoms with E-state index in [1.54, 1.807) is 30.5 Å². The first kappa shape index (κ1) is 19.6. The molecule has 0 unspecified atom stereocenters. The largest absolute Gasteiger partial charge is 0.494 e. The fourth-order valence-corrected chi connectivity index (χ4v) is 3.80. The Bertz CT molecular complexity index is 941. The van der Waals surface area contributed by atoms with Crippen LogP contribution in [-0.4, -0.2) is 31.8 Å². The molecular weight excluding hydrogens is 430 g/mol. The average Bonchev–Trinajstić information content (AvgIpc) is 3.20. The van der Waals surface area contributed by atoms with Crippen molar-refractivity contribution in [1.29, 1.82) is 0 Å². The molecule has 0 fully saturated rings. The maximum atomic E-state index is 12.2. The Balaban J connectivity index is 1.37. The number of aromatic amines is 1. The number of nitrogens with zero attached hydrogens (tertiary/aromatic N) is 1. The molecule has 0 amide bonds. The Morgan fingerprint density at radius 3 is 2.41 bits per heavy atom. The van der Waals surface area contributed by atoms with Crippen LogP contribution in [0, 0.1) is 0 Å². The molecule has 27 heavy (non-hydrogen) atoms. The Morgan fingerprint density at radius 1 is 1.00 bits per heavy atom. The van der Waals surface area contributed by atoms with Crippen LogP contribution < -0.4 is 9.46 Å². The van der Waals surface area contributed by atoms with Crippen molar-refractivity contribution in [3.05, 3.63) is 65.3 Å². The highest BCUT2D eigenvalue weighted by Crippen LogP contribution is 2.20. The van der Waals surface area contributed by atoms with Crippen molar-refractivity contribution >= 4 is 26.0 Å². The quantitative estimate of drug-likeness (QED) is 0.483. The first-order valence-corrected chi connectivity index (χ1v) is 10.8. The van der Waals surface area contributed by atoms with E-state index >= 15 is 0 Å². The van der Waals surface area contributed by atoms with E-state index in [0.717, 1.165) is 27.9 Å². The molecule has 1 aromatic heterocycles. The van der Waals surface area contributed by atoms with Gasteiger partial charge in [-0.25, -0.2) is 13.1 Å². The minimum absolute atomic E-state index is 0.263. The van der Waals surface area contributed by atoms with Gasteiger partial charge in [0.1, 0.15) is 5.75 Å². The topological polar surface area (TPSA) is 84.1 Å². The first-order valence-electron chi connectivity index (χ1n) is 8.53. The molecule has 1 heterocycles. The van der Waals surface area contributed by atoms with Crippen molar-refractivity contribution in [2.24, 2.45) is 0 Å². The van der Waals surface area contributed by atoms with E-state index in [1.165, 1.54) is 0 Å². The molecule has 8 heteroatoms. The van der Waals surface area contributed by atoms with Gasteiger partial charge in [0, 0.05) is 22.8 Å². The van der Waals surface area contributed by atoms with Crippen LogP contribution >= 0.6 is 15.9 Å². The van der Waals surface area contributed by atoms with Crippen LogP contribution in [0.5, 0.6) is 5.75 Å². The predicted molar refractivity (Wildman–Crippen MR) is 108 cm³/mol. The summed E-state index contributed by atoms with van der Waals surface area (Å²) in [5.41, 5.74) is 1.91. The third-order valence-corrected chi connectivity index (χ3v) is 5.91. The summed E-state index contributed by atoms with van der Waals surface area (Å²) in [5, 5.41) is 6.92. The zero-order valence-electron chi connectivity index (χ0n) is 14.6. The third kappa shape index (κ3) is 5.66. The molecule has 2 N–H and O–H groups in total. The molecule has 0 saturated carbocycles. The Morgan fingerprint density at radius 2 is 1.74 bits per heavy atom. The molecule has 0 spiro atoms. The number of ether oxygens (including phenoxy) is 1. The van der Waals surface area contributed by atoms with Crippen LogP contribution in [0.25, 0.3) is 11.3 Å². The normalized spacial score (nSPS) is 11.4. The van der Waals surface area contributed by atoms with Crippen LogP contribution in [0.2, 0.25) is 0 Å². The highest BCUT2D eigenvalue weighted by molar-refractivity contribution is 9.10. The van der Waals surface area contributed by atoms with Gasteiger partial charge < -0.3 is 4.74 Å². The second-order valence-corrected chi connectivity index (χ2v) is 8.57. The second-order valence-electron chi connectivity index (χ2n) is 5.89. The van der Waals surface area contributed by atoms with Gasteiger partial charge in [-0.3, -0.25) is 5.10 Å². The Labute approximate surface area is 167 Å². The number of halogens is 1. The summed E-state index contributed by atoms with van der Waals surface area (Å²) in [6.45, 7) is 0.904. The van der Waals surface area contributed by atoms with E-state index in [9.17, 15) is 8.42 Å². The van der Waals surface area contributed by atoms with Crippen molar-refractivity contribution in [3.8, 4) is 17.0 Å². The molecule has 6 nitrogen and oxygen atoms in total. The zero-order chi connectivity index (χ0) is 19.1. The zero-order valence-corrected chi connectivity index (χ0v) is 17.0. The molecule has 0 aliphatic heterocycles. The first-order chi connectivity index (χ1) is 13.0. The Kier molecular flexibility index (Phi) is 6.65. The van der Waals surface area contributed by atoms with E-state index in [2.05, 4.69) is 30.8 Å². The number of nitrogens with one attached hydrogen (secondary N) is 2. The summed E-state index contributed by atoms with van der Waals surface area (Å²) in [6.07, 6.45) is 3.23. The molecule has 2 aromatic carbocycles. The van der Waals surface area contributed by atoms with Gasteiger partial charge in [-0.2, -0.15) is 5.10 Å². The van der Waals surface area contributed by atoms with Gasteiger partial charge in [-0.1, -0.05) is 15.9 Å². The highest BCUT2D eigenvalue weighted by Gasteiger charge is 2.12. The minimum atomic E-state index is -3.46. The number of H-pyrrole nitrogens is 1. The van der Waals surface area contributed by atoms with Gasteiger partial charge in [0.25, 0.3) is 0 Å². The molecule has 0 aliphatic rings. The molecule has 0 saturated heterocycles. The van der Waals surface area contributed by atoms with Gasteiger partial charge in [0.05, 0.1) is 17.2 Å². The molecular formula is C19H20BrN3O3S. The van der Waals surface area contributed by atoms with E-state index in [-0.39, 0.29) is 4.90 Å². The number of hydrogen-bond donors (Lipinski definition) is 2. The summed E-state index contributed by atoms with van der Waals surface area (Å²) in [7, 11) is -3.46. The van der Waals surface area contributed by atoms with E-state index in [1.807, 2.05) is 30.3 Å².